The molecule has 0 spiro atoms. The lowest BCUT2D eigenvalue weighted by atomic mass is 9.57. The van der Waals surface area contributed by atoms with E-state index in [2.05, 4.69) is 33.8 Å². The number of nitrogens with one attached hydrogen (secondary N) is 1. The van der Waals surface area contributed by atoms with Crippen LogP contribution in [-0.4, -0.2) is 49.8 Å². The van der Waals surface area contributed by atoms with Gasteiger partial charge in [0.1, 0.15) is 5.75 Å². The summed E-state index contributed by atoms with van der Waals surface area (Å²) in [5.41, 5.74) is 1.07. The lowest BCUT2D eigenvalue weighted by molar-refractivity contribution is -0.107. The normalized spacial score (nSPS) is 25.5. The van der Waals surface area contributed by atoms with Gasteiger partial charge in [-0.15, -0.1) is 24.0 Å². The Morgan fingerprint density at radius 1 is 1.36 bits per heavy atom. The molecule has 2 aliphatic rings. The molecule has 1 aromatic carbocycles. The van der Waals surface area contributed by atoms with E-state index in [1.54, 1.807) is 24.3 Å². The molecule has 2 fully saturated rings. The van der Waals surface area contributed by atoms with Crippen LogP contribution in [0.1, 0.15) is 32.8 Å². The first kappa shape index (κ1) is 23.1. The fourth-order valence-electron chi connectivity index (χ4n) is 4.31. The van der Waals surface area contributed by atoms with Crippen LogP contribution in [0.15, 0.2) is 29.3 Å². The smallest absolute Gasteiger partial charge is 0.387 e. The molecule has 1 aliphatic carbocycles. The van der Waals surface area contributed by atoms with Crippen molar-refractivity contribution in [2.45, 2.75) is 52.5 Å². The minimum Gasteiger partial charge on any atom is -0.435 e. The van der Waals surface area contributed by atoms with Gasteiger partial charge in [-0.1, -0.05) is 26.0 Å². The number of rotatable bonds is 6. The second-order valence-corrected chi connectivity index (χ2v) is 7.86. The maximum Gasteiger partial charge on any atom is 0.387 e. The first-order chi connectivity index (χ1) is 12.8. The molecule has 8 heteroatoms. The molecule has 158 valence electrons. The van der Waals surface area contributed by atoms with Gasteiger partial charge >= 0.3 is 6.61 Å². The number of ether oxygens (including phenoxy) is 2. The molecule has 3 rings (SSSR count). The molecule has 0 amide bonds. The predicted octanol–water partition coefficient (Wildman–Crippen LogP) is 4.12. The molecule has 1 saturated heterocycles. The van der Waals surface area contributed by atoms with Gasteiger partial charge in [0.05, 0.1) is 6.10 Å². The van der Waals surface area contributed by atoms with Gasteiger partial charge in [0.15, 0.2) is 5.96 Å². The van der Waals surface area contributed by atoms with E-state index in [1.165, 1.54) is 0 Å². The summed E-state index contributed by atoms with van der Waals surface area (Å²) in [7, 11) is 1.99. The molecule has 1 heterocycles. The van der Waals surface area contributed by atoms with Crippen LogP contribution in [0, 0.1) is 11.3 Å². The van der Waals surface area contributed by atoms with Crippen LogP contribution in [0.4, 0.5) is 8.78 Å². The highest BCUT2D eigenvalue weighted by Crippen LogP contribution is 2.52. The number of hydrogen-bond acceptors (Lipinski definition) is 3. The van der Waals surface area contributed by atoms with Crippen molar-refractivity contribution in [3.05, 3.63) is 29.8 Å². The molecule has 3 atom stereocenters. The number of benzene rings is 1. The Labute approximate surface area is 182 Å². The number of fused-ring (bicyclic) bond motifs is 1. The third-order valence-electron chi connectivity index (χ3n) is 5.62. The Bertz CT molecular complexity index is 670. The van der Waals surface area contributed by atoms with Crippen LogP contribution in [0.25, 0.3) is 0 Å². The number of aliphatic imine (C=N–C) groups is 1. The molecular formula is C20H30F2IN3O2. The molecule has 1 aliphatic heterocycles. The van der Waals surface area contributed by atoms with Crippen molar-refractivity contribution in [2.75, 3.05) is 20.2 Å². The van der Waals surface area contributed by atoms with Crippen molar-refractivity contribution >= 4 is 29.9 Å². The van der Waals surface area contributed by atoms with Crippen LogP contribution in [-0.2, 0) is 11.3 Å². The van der Waals surface area contributed by atoms with Gasteiger partial charge in [0.25, 0.3) is 0 Å². The van der Waals surface area contributed by atoms with E-state index in [1.807, 2.05) is 14.0 Å². The minimum absolute atomic E-state index is 0. The first-order valence-electron chi connectivity index (χ1n) is 9.50. The molecule has 5 nitrogen and oxygen atoms in total. The lowest BCUT2D eigenvalue weighted by Crippen LogP contribution is -2.67. The van der Waals surface area contributed by atoms with Crippen LogP contribution < -0.4 is 10.1 Å². The maximum absolute atomic E-state index is 12.3. The van der Waals surface area contributed by atoms with Gasteiger partial charge < -0.3 is 19.7 Å². The van der Waals surface area contributed by atoms with Crippen molar-refractivity contribution in [3.8, 4) is 5.75 Å². The van der Waals surface area contributed by atoms with Crippen LogP contribution in [0.5, 0.6) is 5.75 Å². The van der Waals surface area contributed by atoms with Crippen LogP contribution in [0.2, 0.25) is 0 Å². The van der Waals surface area contributed by atoms with Crippen molar-refractivity contribution < 1.29 is 18.3 Å². The van der Waals surface area contributed by atoms with Crippen LogP contribution >= 0.6 is 24.0 Å². The highest BCUT2D eigenvalue weighted by molar-refractivity contribution is 14.0. The van der Waals surface area contributed by atoms with Crippen LogP contribution in [0.3, 0.4) is 0 Å². The van der Waals surface area contributed by atoms with Gasteiger partial charge in [0, 0.05) is 44.1 Å². The van der Waals surface area contributed by atoms with Crippen molar-refractivity contribution in [1.29, 1.82) is 0 Å². The Balaban J connectivity index is 0.00000280. The quantitative estimate of drug-likeness (QED) is 0.356. The zero-order chi connectivity index (χ0) is 19.6. The highest BCUT2D eigenvalue weighted by atomic mass is 127. The van der Waals surface area contributed by atoms with E-state index in [0.717, 1.165) is 24.6 Å². The minimum atomic E-state index is -2.81. The van der Waals surface area contributed by atoms with Gasteiger partial charge in [-0.2, -0.15) is 8.78 Å². The summed E-state index contributed by atoms with van der Waals surface area (Å²) in [5, 5.41) is 3.65. The number of alkyl halides is 2. The second-order valence-electron chi connectivity index (χ2n) is 7.86. The van der Waals surface area contributed by atoms with Crippen molar-refractivity contribution in [2.24, 2.45) is 16.3 Å². The second kappa shape index (κ2) is 9.56. The third kappa shape index (κ3) is 4.87. The number of halogens is 3. The molecule has 1 aromatic rings. The van der Waals surface area contributed by atoms with Gasteiger partial charge in [-0.25, -0.2) is 0 Å². The predicted molar refractivity (Wildman–Crippen MR) is 116 cm³/mol. The van der Waals surface area contributed by atoms with Crippen molar-refractivity contribution in [1.82, 2.24) is 10.2 Å². The Kier molecular flexibility index (Phi) is 7.89. The van der Waals surface area contributed by atoms with E-state index in [4.69, 9.17) is 4.74 Å². The summed E-state index contributed by atoms with van der Waals surface area (Å²) in [6.45, 7) is 5.83. The summed E-state index contributed by atoms with van der Waals surface area (Å²) in [5.74, 6) is 1.55. The van der Waals surface area contributed by atoms with E-state index in [-0.39, 0.29) is 35.1 Å². The average Bonchev–Trinajstić information content (AvgIpc) is 3.06. The molecular weight excluding hydrogens is 479 g/mol. The fourth-order valence-corrected chi connectivity index (χ4v) is 4.31. The molecule has 0 aromatic heterocycles. The zero-order valence-corrected chi connectivity index (χ0v) is 19.2. The molecule has 1 saturated carbocycles. The molecule has 1 N–H and O–H groups in total. The fraction of sp³-hybridized carbons (Fsp3) is 0.650. The number of hydrogen-bond donors (Lipinski definition) is 1. The van der Waals surface area contributed by atoms with Crippen molar-refractivity contribution in [3.63, 3.8) is 0 Å². The Hall–Kier alpha value is -1.16. The molecule has 28 heavy (non-hydrogen) atoms. The number of guanidine groups is 1. The molecule has 0 radical (unpaired) electrons. The Morgan fingerprint density at radius 2 is 2.04 bits per heavy atom. The zero-order valence-electron chi connectivity index (χ0n) is 16.8. The SMILES string of the molecule is CCN=C(NC1C2CCOC2C1(C)C)N(C)Cc1ccc(OC(F)F)cc1.I. The largest absolute Gasteiger partial charge is 0.435 e. The van der Waals surface area contributed by atoms with Gasteiger partial charge in [0.2, 0.25) is 0 Å². The van der Waals surface area contributed by atoms with E-state index in [9.17, 15) is 8.78 Å². The maximum atomic E-state index is 12.3. The summed E-state index contributed by atoms with van der Waals surface area (Å²) in [4.78, 5) is 6.71. The third-order valence-corrected chi connectivity index (χ3v) is 5.62. The summed E-state index contributed by atoms with van der Waals surface area (Å²) in [6, 6.07) is 7.06. The summed E-state index contributed by atoms with van der Waals surface area (Å²) in [6.07, 6.45) is 1.41. The Morgan fingerprint density at radius 3 is 2.64 bits per heavy atom. The summed E-state index contributed by atoms with van der Waals surface area (Å²) >= 11 is 0. The molecule has 0 bridgehead atoms. The van der Waals surface area contributed by atoms with E-state index >= 15 is 0 Å². The first-order valence-corrected chi connectivity index (χ1v) is 9.50. The standard InChI is InChI=1S/C20H29F2N3O2.HI/c1-5-23-19(24-16-15-10-11-26-17(15)20(16,2)3)25(4)12-13-6-8-14(9-7-13)27-18(21)22;/h6-9,15-18H,5,10-12H2,1-4H3,(H,23,24);1H. The van der Waals surface area contributed by atoms with Gasteiger partial charge in [-0.3, -0.25) is 4.99 Å². The average molecular weight is 509 g/mol. The van der Waals surface area contributed by atoms with Gasteiger partial charge in [-0.05, 0) is 31.0 Å². The lowest BCUT2D eigenvalue weighted by Gasteiger charge is -2.55. The molecule has 3 unspecified atom stereocenters. The summed E-state index contributed by atoms with van der Waals surface area (Å²) < 4.78 is 34.8. The topological polar surface area (TPSA) is 46.1 Å². The van der Waals surface area contributed by atoms with E-state index < -0.39 is 6.61 Å². The highest BCUT2D eigenvalue weighted by Gasteiger charge is 2.59. The van der Waals surface area contributed by atoms with E-state index in [0.29, 0.717) is 31.2 Å². The monoisotopic (exact) mass is 509 g/mol. The number of nitrogens with zero attached hydrogens (tertiary/aromatic N) is 2.